The monoisotopic (exact) mass is 307 g/mol. The lowest BCUT2D eigenvalue weighted by Gasteiger charge is -2.36. The highest BCUT2D eigenvalue weighted by Gasteiger charge is 2.26. The SMILES string of the molecule is OCCN(Cc1noc(-c2ccccc2Cl)n1)C1CCC1. The molecule has 112 valence electrons. The zero-order chi connectivity index (χ0) is 14.7. The molecule has 1 aliphatic rings. The van der Waals surface area contributed by atoms with Gasteiger partial charge in [-0.1, -0.05) is 35.3 Å². The third-order valence-corrected chi connectivity index (χ3v) is 4.22. The van der Waals surface area contributed by atoms with Crippen molar-refractivity contribution in [2.45, 2.75) is 31.8 Å². The van der Waals surface area contributed by atoms with Gasteiger partial charge in [0.25, 0.3) is 5.89 Å². The Morgan fingerprint density at radius 2 is 2.14 bits per heavy atom. The molecule has 0 unspecified atom stereocenters. The van der Waals surface area contributed by atoms with Crippen LogP contribution in [0.5, 0.6) is 0 Å². The molecule has 0 atom stereocenters. The molecule has 0 bridgehead atoms. The van der Waals surface area contributed by atoms with Crippen LogP contribution >= 0.6 is 11.6 Å². The minimum atomic E-state index is 0.145. The van der Waals surface area contributed by atoms with Gasteiger partial charge in [-0.25, -0.2) is 0 Å². The summed E-state index contributed by atoms with van der Waals surface area (Å²) >= 11 is 6.13. The topological polar surface area (TPSA) is 62.4 Å². The first kappa shape index (κ1) is 14.5. The van der Waals surface area contributed by atoms with Crippen molar-refractivity contribution in [2.75, 3.05) is 13.2 Å². The molecular weight excluding hydrogens is 290 g/mol. The lowest BCUT2D eigenvalue weighted by atomic mass is 9.91. The fraction of sp³-hybridized carbons (Fsp3) is 0.467. The van der Waals surface area contributed by atoms with Crippen LogP contribution in [-0.2, 0) is 6.54 Å². The van der Waals surface area contributed by atoms with E-state index in [2.05, 4.69) is 15.0 Å². The maximum absolute atomic E-state index is 9.18. The van der Waals surface area contributed by atoms with Crippen molar-refractivity contribution in [3.05, 3.63) is 35.1 Å². The van der Waals surface area contributed by atoms with E-state index in [-0.39, 0.29) is 6.61 Å². The van der Waals surface area contributed by atoms with E-state index in [9.17, 15) is 5.11 Å². The Balaban J connectivity index is 1.73. The third kappa shape index (κ3) is 3.26. The van der Waals surface area contributed by atoms with Crippen molar-refractivity contribution in [1.29, 1.82) is 0 Å². The van der Waals surface area contributed by atoms with Gasteiger partial charge in [0.15, 0.2) is 5.82 Å². The molecule has 1 heterocycles. The van der Waals surface area contributed by atoms with Gasteiger partial charge in [0.2, 0.25) is 0 Å². The molecule has 1 aliphatic carbocycles. The summed E-state index contributed by atoms with van der Waals surface area (Å²) < 4.78 is 5.31. The highest BCUT2D eigenvalue weighted by molar-refractivity contribution is 6.33. The number of hydrogen-bond donors (Lipinski definition) is 1. The van der Waals surface area contributed by atoms with Crippen LogP contribution in [0, 0.1) is 0 Å². The molecule has 2 aromatic rings. The Morgan fingerprint density at radius 3 is 2.81 bits per heavy atom. The molecule has 1 saturated carbocycles. The Bertz CT molecular complexity index is 598. The molecule has 0 saturated heterocycles. The fourth-order valence-corrected chi connectivity index (χ4v) is 2.73. The molecule has 0 aliphatic heterocycles. The van der Waals surface area contributed by atoms with E-state index in [0.717, 1.165) is 5.56 Å². The standard InChI is InChI=1S/C15H18ClN3O2/c16-13-7-2-1-6-12(13)15-17-14(18-21-15)10-19(8-9-20)11-4-3-5-11/h1-2,6-7,11,20H,3-5,8-10H2. The number of nitrogens with zero attached hydrogens (tertiary/aromatic N) is 3. The van der Waals surface area contributed by atoms with Crippen molar-refractivity contribution in [2.24, 2.45) is 0 Å². The van der Waals surface area contributed by atoms with Crippen LogP contribution in [0.4, 0.5) is 0 Å². The van der Waals surface area contributed by atoms with Crippen molar-refractivity contribution in [1.82, 2.24) is 15.0 Å². The molecule has 1 aromatic heterocycles. The fourth-order valence-electron chi connectivity index (χ4n) is 2.51. The number of halogens is 1. The highest BCUT2D eigenvalue weighted by atomic mass is 35.5. The smallest absolute Gasteiger partial charge is 0.259 e. The maximum atomic E-state index is 9.18. The zero-order valence-electron chi connectivity index (χ0n) is 11.7. The van der Waals surface area contributed by atoms with E-state index in [1.807, 2.05) is 18.2 Å². The summed E-state index contributed by atoms with van der Waals surface area (Å²) in [4.78, 5) is 6.63. The summed E-state index contributed by atoms with van der Waals surface area (Å²) in [5.74, 6) is 1.07. The van der Waals surface area contributed by atoms with Gasteiger partial charge >= 0.3 is 0 Å². The summed E-state index contributed by atoms with van der Waals surface area (Å²) in [5, 5.41) is 13.8. The molecule has 1 aromatic carbocycles. The summed E-state index contributed by atoms with van der Waals surface area (Å²) in [6.07, 6.45) is 3.61. The quantitative estimate of drug-likeness (QED) is 0.889. The third-order valence-electron chi connectivity index (χ3n) is 3.90. The van der Waals surface area contributed by atoms with Gasteiger partial charge in [-0.05, 0) is 25.0 Å². The Labute approximate surface area is 128 Å². The zero-order valence-corrected chi connectivity index (χ0v) is 12.5. The first-order valence-corrected chi connectivity index (χ1v) is 7.58. The van der Waals surface area contributed by atoms with E-state index in [0.29, 0.717) is 35.9 Å². The van der Waals surface area contributed by atoms with E-state index in [1.54, 1.807) is 6.07 Å². The highest BCUT2D eigenvalue weighted by Crippen LogP contribution is 2.28. The van der Waals surface area contributed by atoms with Crippen LogP contribution in [0.25, 0.3) is 11.5 Å². The van der Waals surface area contributed by atoms with Crippen molar-refractivity contribution in [3.8, 4) is 11.5 Å². The lowest BCUT2D eigenvalue weighted by molar-refractivity contribution is 0.0912. The second-order valence-electron chi connectivity index (χ2n) is 5.27. The van der Waals surface area contributed by atoms with Gasteiger partial charge < -0.3 is 9.63 Å². The molecule has 21 heavy (non-hydrogen) atoms. The maximum Gasteiger partial charge on any atom is 0.259 e. The van der Waals surface area contributed by atoms with Gasteiger partial charge in [0.1, 0.15) is 0 Å². The van der Waals surface area contributed by atoms with Crippen molar-refractivity contribution < 1.29 is 9.63 Å². The predicted molar refractivity (Wildman–Crippen MR) is 79.9 cm³/mol. The van der Waals surface area contributed by atoms with Crippen molar-refractivity contribution >= 4 is 11.6 Å². The van der Waals surface area contributed by atoms with Crippen LogP contribution in [0.3, 0.4) is 0 Å². The molecule has 6 heteroatoms. The largest absolute Gasteiger partial charge is 0.395 e. The average molecular weight is 308 g/mol. The van der Waals surface area contributed by atoms with Gasteiger partial charge in [-0.3, -0.25) is 4.90 Å². The van der Waals surface area contributed by atoms with E-state index in [1.165, 1.54) is 19.3 Å². The Morgan fingerprint density at radius 1 is 1.33 bits per heavy atom. The molecule has 0 amide bonds. The Kier molecular flexibility index (Phi) is 4.53. The van der Waals surface area contributed by atoms with Crippen LogP contribution < -0.4 is 0 Å². The number of aliphatic hydroxyl groups is 1. The minimum absolute atomic E-state index is 0.145. The number of aliphatic hydroxyl groups excluding tert-OH is 1. The number of hydrogen-bond acceptors (Lipinski definition) is 5. The summed E-state index contributed by atoms with van der Waals surface area (Å²) in [5.41, 5.74) is 0.746. The Hall–Kier alpha value is -1.43. The van der Waals surface area contributed by atoms with Gasteiger partial charge in [-0.2, -0.15) is 4.98 Å². The predicted octanol–water partition coefficient (Wildman–Crippen LogP) is 2.74. The second-order valence-corrected chi connectivity index (χ2v) is 5.68. The first-order valence-electron chi connectivity index (χ1n) is 7.20. The van der Waals surface area contributed by atoms with Gasteiger partial charge in [-0.15, -0.1) is 0 Å². The van der Waals surface area contributed by atoms with Gasteiger partial charge in [0.05, 0.1) is 23.7 Å². The number of aromatic nitrogens is 2. The number of rotatable bonds is 6. The van der Waals surface area contributed by atoms with Crippen molar-refractivity contribution in [3.63, 3.8) is 0 Å². The van der Waals surface area contributed by atoms with E-state index in [4.69, 9.17) is 16.1 Å². The lowest BCUT2D eigenvalue weighted by Crippen LogP contribution is -2.41. The molecule has 0 radical (unpaired) electrons. The van der Waals surface area contributed by atoms with Crippen LogP contribution in [0.1, 0.15) is 25.1 Å². The first-order chi connectivity index (χ1) is 10.3. The molecular formula is C15H18ClN3O2. The van der Waals surface area contributed by atoms with Crippen LogP contribution in [0.15, 0.2) is 28.8 Å². The minimum Gasteiger partial charge on any atom is -0.395 e. The molecule has 1 fully saturated rings. The van der Waals surface area contributed by atoms with Gasteiger partial charge in [0, 0.05) is 12.6 Å². The molecule has 3 rings (SSSR count). The molecule has 1 N–H and O–H groups in total. The van der Waals surface area contributed by atoms with Crippen LogP contribution in [-0.4, -0.2) is 39.3 Å². The average Bonchev–Trinajstić information content (AvgIpc) is 2.86. The molecule has 5 nitrogen and oxygen atoms in total. The van der Waals surface area contributed by atoms with E-state index >= 15 is 0 Å². The molecule has 0 spiro atoms. The second kappa shape index (κ2) is 6.56. The summed E-state index contributed by atoms with van der Waals surface area (Å²) in [6.45, 7) is 1.38. The normalized spacial score (nSPS) is 15.4. The van der Waals surface area contributed by atoms with Crippen LogP contribution in [0.2, 0.25) is 5.02 Å². The summed E-state index contributed by atoms with van der Waals surface area (Å²) in [7, 11) is 0. The summed E-state index contributed by atoms with van der Waals surface area (Å²) in [6, 6.07) is 7.93. The van der Waals surface area contributed by atoms with E-state index < -0.39 is 0 Å². The number of benzene rings is 1.